The minimum Gasteiger partial charge on any atom is -0.490 e. The molecule has 0 atom stereocenters. The van der Waals surface area contributed by atoms with Crippen LogP contribution >= 0.6 is 11.3 Å². The fraction of sp³-hybridized carbons (Fsp3) is 0.267. The summed E-state index contributed by atoms with van der Waals surface area (Å²) in [5.41, 5.74) is 1.89. The van der Waals surface area contributed by atoms with E-state index in [1.54, 1.807) is 4.52 Å². The van der Waals surface area contributed by atoms with Gasteiger partial charge in [0.15, 0.2) is 17.2 Å². The molecule has 0 saturated carbocycles. The van der Waals surface area contributed by atoms with Crippen LogP contribution < -0.4 is 9.47 Å². The molecule has 3 heterocycles. The molecule has 1 aliphatic heterocycles. The number of aryl methyl sites for hydroxylation is 1. The van der Waals surface area contributed by atoms with Crippen molar-refractivity contribution in [3.05, 3.63) is 28.9 Å². The Kier molecular flexibility index (Phi) is 2.98. The first-order chi connectivity index (χ1) is 10.8. The predicted octanol–water partition coefficient (Wildman–Crippen LogP) is 2.80. The number of hydrogen-bond donors (Lipinski definition) is 0. The fourth-order valence-electron chi connectivity index (χ4n) is 2.46. The van der Waals surface area contributed by atoms with Crippen LogP contribution in [0.3, 0.4) is 0 Å². The third-order valence-corrected chi connectivity index (χ3v) is 4.26. The van der Waals surface area contributed by atoms with E-state index in [1.807, 2.05) is 25.1 Å². The zero-order valence-corrected chi connectivity index (χ0v) is 12.7. The van der Waals surface area contributed by atoms with Crippen molar-refractivity contribution in [2.75, 3.05) is 13.2 Å². The SMILES string of the molecule is Cc1nn2c(C#N)c(-c3ccc4c(c3)OCCCO4)nc2s1. The fourth-order valence-corrected chi connectivity index (χ4v) is 3.20. The molecule has 1 aliphatic rings. The lowest BCUT2D eigenvalue weighted by Crippen LogP contribution is -1.97. The average molecular weight is 312 g/mol. The van der Waals surface area contributed by atoms with Gasteiger partial charge in [-0.15, -0.1) is 0 Å². The number of imidazole rings is 1. The Labute approximate surface area is 130 Å². The largest absolute Gasteiger partial charge is 0.490 e. The summed E-state index contributed by atoms with van der Waals surface area (Å²) in [5, 5.41) is 14.7. The second kappa shape index (κ2) is 5.00. The maximum absolute atomic E-state index is 9.46. The standard InChI is InChI=1S/C15H12N4O2S/c1-9-18-19-11(8-16)14(17-15(19)22-9)10-3-4-12-13(7-10)21-6-2-5-20-12/h3-4,7H,2,5-6H2,1H3. The van der Waals surface area contributed by atoms with Crippen molar-refractivity contribution in [1.29, 1.82) is 5.26 Å². The molecule has 7 heteroatoms. The zero-order valence-electron chi connectivity index (χ0n) is 11.9. The number of hydrogen-bond acceptors (Lipinski definition) is 6. The topological polar surface area (TPSA) is 72.4 Å². The first-order valence-electron chi connectivity index (χ1n) is 6.92. The van der Waals surface area contributed by atoms with E-state index in [4.69, 9.17) is 9.47 Å². The summed E-state index contributed by atoms with van der Waals surface area (Å²) < 4.78 is 12.9. The normalized spacial score (nSPS) is 13.8. The molecule has 22 heavy (non-hydrogen) atoms. The van der Waals surface area contributed by atoms with Gasteiger partial charge in [0.1, 0.15) is 16.8 Å². The molecule has 0 bridgehead atoms. The third kappa shape index (κ3) is 2.00. The summed E-state index contributed by atoms with van der Waals surface area (Å²) >= 11 is 1.46. The molecule has 3 aromatic rings. The monoisotopic (exact) mass is 312 g/mol. The molecule has 0 radical (unpaired) electrons. The molecule has 2 aromatic heterocycles. The van der Waals surface area contributed by atoms with Gasteiger partial charge in [0.25, 0.3) is 0 Å². The van der Waals surface area contributed by atoms with Crippen molar-refractivity contribution < 1.29 is 9.47 Å². The highest BCUT2D eigenvalue weighted by Crippen LogP contribution is 2.35. The summed E-state index contributed by atoms with van der Waals surface area (Å²) in [4.78, 5) is 5.27. The van der Waals surface area contributed by atoms with Crippen molar-refractivity contribution in [1.82, 2.24) is 14.6 Å². The molecule has 0 fully saturated rings. The number of aromatic nitrogens is 3. The molecule has 4 rings (SSSR count). The highest BCUT2D eigenvalue weighted by Gasteiger charge is 2.19. The number of ether oxygens (including phenoxy) is 2. The van der Waals surface area contributed by atoms with Crippen molar-refractivity contribution in [2.24, 2.45) is 0 Å². The Hall–Kier alpha value is -2.59. The van der Waals surface area contributed by atoms with Gasteiger partial charge in [0.2, 0.25) is 4.96 Å². The van der Waals surface area contributed by atoms with E-state index >= 15 is 0 Å². The van der Waals surface area contributed by atoms with E-state index < -0.39 is 0 Å². The molecule has 110 valence electrons. The van der Waals surface area contributed by atoms with Crippen molar-refractivity contribution in [3.8, 4) is 28.8 Å². The maximum atomic E-state index is 9.46. The number of rotatable bonds is 1. The van der Waals surface area contributed by atoms with Crippen LogP contribution in [0.4, 0.5) is 0 Å². The van der Waals surface area contributed by atoms with E-state index in [0.717, 1.165) is 27.7 Å². The number of nitrogens with zero attached hydrogens (tertiary/aromatic N) is 4. The van der Waals surface area contributed by atoms with Gasteiger partial charge < -0.3 is 9.47 Å². The van der Waals surface area contributed by atoms with E-state index in [9.17, 15) is 5.26 Å². The Balaban J connectivity index is 1.87. The van der Waals surface area contributed by atoms with E-state index in [2.05, 4.69) is 16.2 Å². The van der Waals surface area contributed by atoms with Crippen molar-refractivity contribution >= 4 is 16.3 Å². The van der Waals surface area contributed by atoms with Gasteiger partial charge in [-0.05, 0) is 25.1 Å². The smallest absolute Gasteiger partial charge is 0.213 e. The van der Waals surface area contributed by atoms with E-state index in [1.165, 1.54) is 11.3 Å². The summed E-state index contributed by atoms with van der Waals surface area (Å²) in [6.07, 6.45) is 0.858. The van der Waals surface area contributed by atoms with Crippen molar-refractivity contribution in [2.45, 2.75) is 13.3 Å². The maximum Gasteiger partial charge on any atom is 0.213 e. The lowest BCUT2D eigenvalue weighted by atomic mass is 10.1. The molecule has 1 aromatic carbocycles. The zero-order chi connectivity index (χ0) is 15.1. The Morgan fingerprint density at radius 3 is 2.91 bits per heavy atom. The van der Waals surface area contributed by atoms with Crippen LogP contribution in [0.25, 0.3) is 16.2 Å². The summed E-state index contributed by atoms with van der Waals surface area (Å²) in [6, 6.07) is 7.83. The summed E-state index contributed by atoms with van der Waals surface area (Å²) in [6.45, 7) is 3.17. The average Bonchev–Trinajstić information content (AvgIpc) is 2.92. The molecule has 0 saturated heterocycles. The minimum atomic E-state index is 0.439. The highest BCUT2D eigenvalue weighted by molar-refractivity contribution is 7.16. The second-order valence-electron chi connectivity index (χ2n) is 4.95. The van der Waals surface area contributed by atoms with Gasteiger partial charge in [-0.2, -0.15) is 14.9 Å². The molecule has 0 unspecified atom stereocenters. The number of fused-ring (bicyclic) bond motifs is 2. The van der Waals surface area contributed by atoms with Crippen LogP contribution in [0.1, 0.15) is 17.1 Å². The molecule has 0 amide bonds. The Morgan fingerprint density at radius 1 is 1.27 bits per heavy atom. The van der Waals surface area contributed by atoms with Crippen molar-refractivity contribution in [3.63, 3.8) is 0 Å². The lowest BCUT2D eigenvalue weighted by Gasteiger charge is -2.08. The molecule has 0 spiro atoms. The Bertz CT molecular complexity index is 906. The number of nitriles is 1. The lowest BCUT2D eigenvalue weighted by molar-refractivity contribution is 0.297. The van der Waals surface area contributed by atoms with Gasteiger partial charge in [-0.3, -0.25) is 0 Å². The number of benzene rings is 1. The van der Waals surface area contributed by atoms with E-state index in [-0.39, 0.29) is 0 Å². The molecule has 6 nitrogen and oxygen atoms in total. The summed E-state index contributed by atoms with van der Waals surface area (Å²) in [7, 11) is 0. The minimum absolute atomic E-state index is 0.439. The van der Waals surface area contributed by atoms with Gasteiger partial charge in [-0.25, -0.2) is 4.98 Å². The highest BCUT2D eigenvalue weighted by atomic mass is 32.1. The van der Waals surface area contributed by atoms with Gasteiger partial charge in [-0.1, -0.05) is 11.3 Å². The van der Waals surface area contributed by atoms with Crippen LogP contribution in [-0.4, -0.2) is 27.8 Å². The third-order valence-electron chi connectivity index (χ3n) is 3.43. The van der Waals surface area contributed by atoms with Gasteiger partial charge in [0.05, 0.1) is 13.2 Å². The van der Waals surface area contributed by atoms with Gasteiger partial charge >= 0.3 is 0 Å². The first kappa shape index (κ1) is 13.1. The van der Waals surface area contributed by atoms with Crippen LogP contribution in [0.2, 0.25) is 0 Å². The molecule has 0 N–H and O–H groups in total. The second-order valence-corrected chi connectivity index (χ2v) is 6.11. The quantitative estimate of drug-likeness (QED) is 0.691. The summed E-state index contributed by atoms with van der Waals surface area (Å²) in [5.74, 6) is 1.43. The predicted molar refractivity (Wildman–Crippen MR) is 81.4 cm³/mol. The van der Waals surface area contributed by atoms with Crippen LogP contribution in [0, 0.1) is 18.3 Å². The van der Waals surface area contributed by atoms with Crippen LogP contribution in [0.5, 0.6) is 11.5 Å². The molecule has 0 aliphatic carbocycles. The van der Waals surface area contributed by atoms with Gasteiger partial charge in [0, 0.05) is 12.0 Å². The van der Waals surface area contributed by atoms with E-state index in [0.29, 0.717) is 30.4 Å². The molecular weight excluding hydrogens is 300 g/mol. The Morgan fingerprint density at radius 2 is 2.09 bits per heavy atom. The van der Waals surface area contributed by atoms with Crippen LogP contribution in [-0.2, 0) is 0 Å². The molecular formula is C15H12N4O2S. The van der Waals surface area contributed by atoms with Crippen LogP contribution in [0.15, 0.2) is 18.2 Å². The first-order valence-corrected chi connectivity index (χ1v) is 7.74.